The molecule has 5 nitrogen and oxygen atoms in total. The molecule has 0 saturated carbocycles. The third-order valence-electron chi connectivity index (χ3n) is 4.51. The van der Waals surface area contributed by atoms with Crippen LogP contribution >= 0.6 is 12.2 Å². The Morgan fingerprint density at radius 3 is 2.88 bits per heavy atom. The first kappa shape index (κ1) is 15.2. The summed E-state index contributed by atoms with van der Waals surface area (Å²) in [6.45, 7) is 4.85. The molecule has 1 aliphatic rings. The molecule has 0 spiro atoms. The second kappa shape index (κ2) is 6.30. The van der Waals surface area contributed by atoms with E-state index >= 15 is 0 Å². The minimum absolute atomic E-state index is 0.568. The van der Waals surface area contributed by atoms with E-state index < -0.39 is 0 Å². The van der Waals surface area contributed by atoms with E-state index in [2.05, 4.69) is 56.3 Å². The number of rotatable bonds is 3. The van der Waals surface area contributed by atoms with Crippen LogP contribution in [-0.4, -0.2) is 31.6 Å². The Morgan fingerprint density at radius 1 is 1.21 bits per heavy atom. The van der Waals surface area contributed by atoms with Gasteiger partial charge in [-0.25, -0.2) is 4.98 Å². The van der Waals surface area contributed by atoms with E-state index in [9.17, 15) is 0 Å². The van der Waals surface area contributed by atoms with Crippen LogP contribution in [0.4, 0.5) is 0 Å². The molecule has 0 saturated heterocycles. The fraction of sp³-hybridized carbons (Fsp3) is 0.278. The second-order valence-corrected chi connectivity index (χ2v) is 6.68. The van der Waals surface area contributed by atoms with Crippen LogP contribution in [0.1, 0.15) is 22.4 Å². The van der Waals surface area contributed by atoms with Crippen LogP contribution in [0.2, 0.25) is 0 Å². The monoisotopic (exact) mass is 337 g/mol. The normalized spacial score (nSPS) is 14.5. The van der Waals surface area contributed by atoms with E-state index in [4.69, 9.17) is 12.2 Å². The highest BCUT2D eigenvalue weighted by molar-refractivity contribution is 7.71. The molecule has 0 bridgehead atoms. The van der Waals surface area contributed by atoms with Gasteiger partial charge in [-0.15, -0.1) is 0 Å². The molecule has 4 rings (SSSR count). The summed E-state index contributed by atoms with van der Waals surface area (Å²) in [5, 5.41) is 7.41. The van der Waals surface area contributed by atoms with E-state index in [0.29, 0.717) is 4.77 Å². The topological polar surface area (TPSA) is 60.6 Å². The molecule has 2 aromatic heterocycles. The van der Waals surface area contributed by atoms with Gasteiger partial charge in [-0.2, -0.15) is 5.10 Å². The highest BCUT2D eigenvalue weighted by Crippen LogP contribution is 2.25. The standard InChI is InChI=1S/C18H19N5S/c1-12-2-4-13(5-3-12)17-15(9-20-22-17)11-23-7-6-16-14(10-23)8-19-18(24)21-16/h2-5,8-9H,6-7,10-11H2,1H3,(H,20,22)(H,19,21,24). The molecule has 1 aliphatic heterocycles. The van der Waals surface area contributed by atoms with Crippen LogP contribution in [0, 0.1) is 11.7 Å². The molecule has 24 heavy (non-hydrogen) atoms. The number of hydrogen-bond acceptors (Lipinski definition) is 4. The molecule has 0 aliphatic carbocycles. The predicted molar refractivity (Wildman–Crippen MR) is 96.0 cm³/mol. The lowest BCUT2D eigenvalue weighted by molar-refractivity contribution is 0.243. The molecule has 0 unspecified atom stereocenters. The summed E-state index contributed by atoms with van der Waals surface area (Å²) >= 11 is 5.11. The van der Waals surface area contributed by atoms with Crippen LogP contribution in [-0.2, 0) is 19.5 Å². The summed E-state index contributed by atoms with van der Waals surface area (Å²) in [6.07, 6.45) is 4.80. The van der Waals surface area contributed by atoms with E-state index in [1.165, 1.54) is 27.9 Å². The number of aromatic nitrogens is 4. The van der Waals surface area contributed by atoms with Gasteiger partial charge in [0.1, 0.15) is 0 Å². The van der Waals surface area contributed by atoms with Gasteiger partial charge in [0.05, 0.1) is 11.9 Å². The van der Waals surface area contributed by atoms with Crippen LogP contribution < -0.4 is 0 Å². The van der Waals surface area contributed by atoms with Gasteiger partial charge in [-0.05, 0) is 24.7 Å². The number of aryl methyl sites for hydroxylation is 1. The van der Waals surface area contributed by atoms with Crippen LogP contribution in [0.15, 0.2) is 36.7 Å². The third-order valence-corrected chi connectivity index (χ3v) is 4.71. The zero-order valence-corrected chi connectivity index (χ0v) is 14.4. The number of aromatic amines is 2. The van der Waals surface area contributed by atoms with Crippen LogP contribution in [0.3, 0.4) is 0 Å². The van der Waals surface area contributed by atoms with Crippen molar-refractivity contribution < 1.29 is 0 Å². The number of nitrogens with zero attached hydrogens (tertiary/aromatic N) is 3. The third kappa shape index (κ3) is 3.02. The minimum Gasteiger partial charge on any atom is -0.334 e. The summed E-state index contributed by atoms with van der Waals surface area (Å²) in [4.78, 5) is 9.84. The van der Waals surface area contributed by atoms with Crippen molar-refractivity contribution >= 4 is 12.2 Å². The van der Waals surface area contributed by atoms with Crippen molar-refractivity contribution in [3.05, 3.63) is 63.8 Å². The van der Waals surface area contributed by atoms with Crippen molar-refractivity contribution in [1.82, 2.24) is 25.1 Å². The molecule has 0 amide bonds. The van der Waals surface area contributed by atoms with Crippen LogP contribution in [0.25, 0.3) is 11.3 Å². The number of fused-ring (bicyclic) bond motifs is 1. The lowest BCUT2D eigenvalue weighted by atomic mass is 10.0. The quantitative estimate of drug-likeness (QED) is 0.719. The zero-order valence-electron chi connectivity index (χ0n) is 13.5. The Kier molecular flexibility index (Phi) is 4.00. The molecule has 0 radical (unpaired) electrons. The molecule has 0 fully saturated rings. The number of H-pyrrole nitrogens is 2. The lowest BCUT2D eigenvalue weighted by Crippen LogP contribution is -2.30. The molecule has 3 aromatic rings. The Hall–Kier alpha value is -2.31. The maximum Gasteiger partial charge on any atom is 0.196 e. The second-order valence-electron chi connectivity index (χ2n) is 6.29. The Labute approximate surface area is 145 Å². The number of benzene rings is 1. The Bertz CT molecular complexity index is 910. The Morgan fingerprint density at radius 2 is 2.04 bits per heavy atom. The molecule has 3 heterocycles. The highest BCUT2D eigenvalue weighted by Gasteiger charge is 2.19. The first-order valence-electron chi connectivity index (χ1n) is 8.08. The average Bonchev–Trinajstić information content (AvgIpc) is 3.04. The number of nitrogens with one attached hydrogen (secondary N) is 2. The predicted octanol–water partition coefficient (Wildman–Crippen LogP) is 3.40. The van der Waals surface area contributed by atoms with Crippen LogP contribution in [0.5, 0.6) is 0 Å². The van der Waals surface area contributed by atoms with Gasteiger partial charge in [-0.1, -0.05) is 29.8 Å². The van der Waals surface area contributed by atoms with Crippen molar-refractivity contribution in [3.8, 4) is 11.3 Å². The first-order chi connectivity index (χ1) is 11.7. The van der Waals surface area contributed by atoms with Gasteiger partial charge in [0.25, 0.3) is 0 Å². The molecule has 0 atom stereocenters. The lowest BCUT2D eigenvalue weighted by Gasteiger charge is -2.28. The molecule has 2 N–H and O–H groups in total. The smallest absolute Gasteiger partial charge is 0.196 e. The first-order valence-corrected chi connectivity index (χ1v) is 8.48. The summed E-state index contributed by atoms with van der Waals surface area (Å²) in [7, 11) is 0. The van der Waals surface area contributed by atoms with Gasteiger partial charge in [0.2, 0.25) is 0 Å². The molecular formula is C18H19N5S. The molecular weight excluding hydrogens is 318 g/mol. The van der Waals surface area contributed by atoms with E-state index in [0.717, 1.165) is 31.7 Å². The Balaban J connectivity index is 1.55. The van der Waals surface area contributed by atoms with E-state index in [-0.39, 0.29) is 0 Å². The summed E-state index contributed by atoms with van der Waals surface area (Å²) < 4.78 is 0.568. The van der Waals surface area contributed by atoms with Gasteiger partial charge in [-0.3, -0.25) is 10.00 Å². The summed E-state index contributed by atoms with van der Waals surface area (Å²) in [5.74, 6) is 0. The van der Waals surface area contributed by atoms with Crippen molar-refractivity contribution in [2.45, 2.75) is 26.4 Å². The molecule has 122 valence electrons. The number of hydrogen-bond donors (Lipinski definition) is 2. The highest BCUT2D eigenvalue weighted by atomic mass is 32.1. The van der Waals surface area contributed by atoms with Gasteiger partial charge in [0, 0.05) is 49.1 Å². The largest absolute Gasteiger partial charge is 0.334 e. The maximum atomic E-state index is 5.11. The SMILES string of the molecule is Cc1ccc(-c2[nH]ncc2CN2CCc3[nH]c(=S)ncc3C2)cc1. The summed E-state index contributed by atoms with van der Waals surface area (Å²) in [6, 6.07) is 8.54. The maximum absolute atomic E-state index is 5.11. The minimum atomic E-state index is 0.568. The molecule has 6 heteroatoms. The fourth-order valence-corrected chi connectivity index (χ4v) is 3.36. The van der Waals surface area contributed by atoms with Gasteiger partial charge >= 0.3 is 0 Å². The van der Waals surface area contributed by atoms with Crippen molar-refractivity contribution in [2.75, 3.05) is 6.54 Å². The van der Waals surface area contributed by atoms with E-state index in [1.807, 2.05) is 12.4 Å². The van der Waals surface area contributed by atoms with Crippen molar-refractivity contribution in [3.63, 3.8) is 0 Å². The van der Waals surface area contributed by atoms with Crippen molar-refractivity contribution in [2.24, 2.45) is 0 Å². The van der Waals surface area contributed by atoms with Crippen molar-refractivity contribution in [1.29, 1.82) is 0 Å². The van der Waals surface area contributed by atoms with Gasteiger partial charge < -0.3 is 4.98 Å². The average molecular weight is 337 g/mol. The zero-order chi connectivity index (χ0) is 16.5. The van der Waals surface area contributed by atoms with E-state index in [1.54, 1.807) is 0 Å². The van der Waals surface area contributed by atoms with Gasteiger partial charge in [0.15, 0.2) is 4.77 Å². The fourth-order valence-electron chi connectivity index (χ4n) is 3.18. The molecule has 1 aromatic carbocycles. The summed E-state index contributed by atoms with van der Waals surface area (Å²) in [5.41, 5.74) is 7.21.